The van der Waals surface area contributed by atoms with Crippen molar-refractivity contribution in [3.05, 3.63) is 54.8 Å². The molecule has 0 amide bonds. The van der Waals surface area contributed by atoms with Gasteiger partial charge in [0.2, 0.25) is 0 Å². The third kappa shape index (κ3) is 4.69. The fourth-order valence-electron chi connectivity index (χ4n) is 1.41. The molecule has 1 aromatic carbocycles. The molecule has 2 N–H and O–H groups in total. The Morgan fingerprint density at radius 1 is 1.19 bits per heavy atom. The van der Waals surface area contributed by atoms with Crippen LogP contribution in [0.4, 0.5) is 5.69 Å². The zero-order chi connectivity index (χ0) is 11.6. The summed E-state index contributed by atoms with van der Waals surface area (Å²) in [6, 6.07) is 8.50. The standard InChI is InChI=1S/C14H20N2/c1-3-16-12-6-4-5-7-13-8-10-14(15-2)11-9-13/h3-5,8-11,15-16H,1,6-7,12H2,2H3/b5-4-. The van der Waals surface area contributed by atoms with Crippen LogP contribution in [0.2, 0.25) is 0 Å². The van der Waals surface area contributed by atoms with E-state index < -0.39 is 0 Å². The third-order valence-electron chi connectivity index (χ3n) is 2.36. The van der Waals surface area contributed by atoms with E-state index in [1.54, 1.807) is 6.20 Å². The molecule has 2 heteroatoms. The van der Waals surface area contributed by atoms with Gasteiger partial charge in [-0.15, -0.1) is 0 Å². The van der Waals surface area contributed by atoms with Crippen LogP contribution in [-0.2, 0) is 6.42 Å². The second-order valence-electron chi connectivity index (χ2n) is 3.57. The Kier molecular flexibility index (Phi) is 5.86. The summed E-state index contributed by atoms with van der Waals surface area (Å²) >= 11 is 0. The highest BCUT2D eigenvalue weighted by atomic mass is 14.8. The number of nitrogens with one attached hydrogen (secondary N) is 2. The molecule has 0 unspecified atom stereocenters. The van der Waals surface area contributed by atoms with Crippen LogP contribution in [0.3, 0.4) is 0 Å². The Bertz CT molecular complexity index is 325. The lowest BCUT2D eigenvalue weighted by atomic mass is 10.1. The van der Waals surface area contributed by atoms with Gasteiger partial charge in [0.15, 0.2) is 0 Å². The van der Waals surface area contributed by atoms with Gasteiger partial charge >= 0.3 is 0 Å². The summed E-state index contributed by atoms with van der Waals surface area (Å²) in [5.74, 6) is 0. The summed E-state index contributed by atoms with van der Waals surface area (Å²) < 4.78 is 0. The molecule has 0 aliphatic heterocycles. The van der Waals surface area contributed by atoms with Crippen LogP contribution in [-0.4, -0.2) is 13.6 Å². The lowest BCUT2D eigenvalue weighted by molar-refractivity contribution is 0.852. The first-order chi connectivity index (χ1) is 7.86. The summed E-state index contributed by atoms with van der Waals surface area (Å²) in [5.41, 5.74) is 2.50. The van der Waals surface area contributed by atoms with Crippen molar-refractivity contribution in [2.45, 2.75) is 12.8 Å². The maximum absolute atomic E-state index is 3.60. The van der Waals surface area contributed by atoms with Crippen LogP contribution in [0, 0.1) is 0 Å². The highest BCUT2D eigenvalue weighted by Crippen LogP contribution is 2.09. The fraction of sp³-hybridized carbons (Fsp3) is 0.286. The van der Waals surface area contributed by atoms with Crippen LogP contribution in [0.15, 0.2) is 49.2 Å². The molecule has 0 aromatic heterocycles. The molecule has 86 valence electrons. The van der Waals surface area contributed by atoms with E-state index in [0.29, 0.717) is 0 Å². The molecule has 0 saturated carbocycles. The molecule has 0 saturated heterocycles. The average Bonchev–Trinajstić information content (AvgIpc) is 2.34. The van der Waals surface area contributed by atoms with E-state index in [4.69, 9.17) is 0 Å². The molecule has 0 fully saturated rings. The van der Waals surface area contributed by atoms with Crippen molar-refractivity contribution in [3.63, 3.8) is 0 Å². The van der Waals surface area contributed by atoms with E-state index in [2.05, 4.69) is 53.6 Å². The van der Waals surface area contributed by atoms with Gasteiger partial charge in [-0.05, 0) is 36.7 Å². The Balaban J connectivity index is 2.28. The number of hydrogen-bond donors (Lipinski definition) is 2. The van der Waals surface area contributed by atoms with Gasteiger partial charge in [-0.25, -0.2) is 0 Å². The minimum absolute atomic E-state index is 0.957. The normalized spacial score (nSPS) is 10.3. The molecule has 0 radical (unpaired) electrons. The second-order valence-corrected chi connectivity index (χ2v) is 3.57. The smallest absolute Gasteiger partial charge is 0.0337 e. The molecule has 0 bridgehead atoms. The van der Waals surface area contributed by atoms with Gasteiger partial charge in [-0.3, -0.25) is 0 Å². The molecule has 0 aliphatic rings. The summed E-state index contributed by atoms with van der Waals surface area (Å²) in [7, 11) is 1.93. The number of anilines is 1. The van der Waals surface area contributed by atoms with Crippen LogP contribution in [0.25, 0.3) is 0 Å². The first-order valence-corrected chi connectivity index (χ1v) is 5.63. The third-order valence-corrected chi connectivity index (χ3v) is 2.36. The zero-order valence-electron chi connectivity index (χ0n) is 9.87. The van der Waals surface area contributed by atoms with Gasteiger partial charge in [-0.1, -0.05) is 30.9 Å². The summed E-state index contributed by atoms with van der Waals surface area (Å²) in [5, 5.41) is 6.18. The SMILES string of the molecule is C=CNCC/C=C\Cc1ccc(NC)cc1. The monoisotopic (exact) mass is 216 g/mol. The Morgan fingerprint density at radius 3 is 2.56 bits per heavy atom. The molecule has 16 heavy (non-hydrogen) atoms. The van der Waals surface area contributed by atoms with E-state index in [-0.39, 0.29) is 0 Å². The number of hydrogen-bond acceptors (Lipinski definition) is 2. The first kappa shape index (κ1) is 12.4. The van der Waals surface area contributed by atoms with E-state index in [1.807, 2.05) is 7.05 Å². The van der Waals surface area contributed by atoms with Crippen molar-refractivity contribution in [2.24, 2.45) is 0 Å². The van der Waals surface area contributed by atoms with E-state index in [9.17, 15) is 0 Å². The van der Waals surface area contributed by atoms with E-state index in [1.165, 1.54) is 5.56 Å². The van der Waals surface area contributed by atoms with Crippen molar-refractivity contribution in [3.8, 4) is 0 Å². The highest BCUT2D eigenvalue weighted by Gasteiger charge is 1.90. The molecular formula is C14H20N2. The van der Waals surface area contributed by atoms with Gasteiger partial charge in [0.1, 0.15) is 0 Å². The van der Waals surface area contributed by atoms with E-state index in [0.717, 1.165) is 25.1 Å². The van der Waals surface area contributed by atoms with Crippen LogP contribution >= 0.6 is 0 Å². The second kappa shape index (κ2) is 7.57. The molecule has 2 nitrogen and oxygen atoms in total. The number of benzene rings is 1. The highest BCUT2D eigenvalue weighted by molar-refractivity contribution is 5.44. The quantitative estimate of drug-likeness (QED) is 0.541. The summed E-state index contributed by atoms with van der Waals surface area (Å²) in [6.07, 6.45) is 8.17. The van der Waals surface area contributed by atoms with Crippen molar-refractivity contribution >= 4 is 5.69 Å². The first-order valence-electron chi connectivity index (χ1n) is 5.63. The van der Waals surface area contributed by atoms with Crippen molar-refractivity contribution < 1.29 is 0 Å². The molecule has 1 rings (SSSR count). The van der Waals surface area contributed by atoms with Crippen molar-refractivity contribution in [1.29, 1.82) is 0 Å². The minimum Gasteiger partial charge on any atom is -0.391 e. The van der Waals surface area contributed by atoms with Gasteiger partial charge in [-0.2, -0.15) is 0 Å². The lowest BCUT2D eigenvalue weighted by Gasteiger charge is -2.01. The van der Waals surface area contributed by atoms with Gasteiger partial charge < -0.3 is 10.6 Å². The minimum atomic E-state index is 0.957. The molecule has 0 spiro atoms. The largest absolute Gasteiger partial charge is 0.391 e. The lowest BCUT2D eigenvalue weighted by Crippen LogP contribution is -2.04. The zero-order valence-corrected chi connectivity index (χ0v) is 9.87. The Labute approximate surface area is 98.1 Å². The van der Waals surface area contributed by atoms with Crippen molar-refractivity contribution in [2.75, 3.05) is 18.9 Å². The molecule has 1 aromatic rings. The summed E-state index contributed by atoms with van der Waals surface area (Å²) in [6.45, 7) is 4.56. The number of rotatable bonds is 7. The predicted octanol–water partition coefficient (Wildman–Crippen LogP) is 2.95. The molecule has 0 aliphatic carbocycles. The maximum atomic E-state index is 3.60. The Hall–Kier alpha value is -1.70. The van der Waals surface area contributed by atoms with Gasteiger partial charge in [0.25, 0.3) is 0 Å². The predicted molar refractivity (Wildman–Crippen MR) is 71.6 cm³/mol. The average molecular weight is 216 g/mol. The fourth-order valence-corrected chi connectivity index (χ4v) is 1.41. The Morgan fingerprint density at radius 2 is 1.94 bits per heavy atom. The van der Waals surface area contributed by atoms with Crippen molar-refractivity contribution in [1.82, 2.24) is 5.32 Å². The van der Waals surface area contributed by atoms with Crippen LogP contribution < -0.4 is 10.6 Å². The van der Waals surface area contributed by atoms with Gasteiger partial charge in [0.05, 0.1) is 0 Å². The molecular weight excluding hydrogens is 196 g/mol. The van der Waals surface area contributed by atoms with Crippen LogP contribution in [0.1, 0.15) is 12.0 Å². The maximum Gasteiger partial charge on any atom is 0.0337 e. The molecule has 0 atom stereocenters. The topological polar surface area (TPSA) is 24.1 Å². The van der Waals surface area contributed by atoms with Gasteiger partial charge in [0, 0.05) is 19.3 Å². The van der Waals surface area contributed by atoms with E-state index >= 15 is 0 Å². The van der Waals surface area contributed by atoms with Crippen LogP contribution in [0.5, 0.6) is 0 Å². The summed E-state index contributed by atoms with van der Waals surface area (Å²) in [4.78, 5) is 0. The number of allylic oxidation sites excluding steroid dienone is 1. The molecule has 0 heterocycles.